The van der Waals surface area contributed by atoms with E-state index < -0.39 is 11.6 Å². The molecule has 0 radical (unpaired) electrons. The van der Waals surface area contributed by atoms with E-state index in [0.29, 0.717) is 0 Å². The lowest BCUT2D eigenvalue weighted by Gasteiger charge is -2.35. The van der Waals surface area contributed by atoms with Crippen molar-refractivity contribution in [2.75, 3.05) is 26.2 Å². The number of benzene rings is 1. The minimum Gasteiger partial charge on any atom is -0.507 e. The van der Waals surface area contributed by atoms with Gasteiger partial charge in [0.2, 0.25) is 0 Å². The average molecular weight is 310 g/mol. The molecule has 2 aromatic rings. The van der Waals surface area contributed by atoms with E-state index in [4.69, 9.17) is 0 Å². The standard InChI is InChI=1S/C15H16F2N2OS/c16-10-8-11(17)14(12(20)9-10)15(13-2-1-7-21-13)19-5-3-18-4-6-19/h1-2,7-9,15,18,20H,3-6H2/t15-/m1/s1. The molecule has 6 heteroatoms. The maximum atomic E-state index is 14.3. The monoisotopic (exact) mass is 310 g/mol. The first-order valence-electron chi connectivity index (χ1n) is 6.83. The molecule has 0 spiro atoms. The number of hydrogen-bond acceptors (Lipinski definition) is 4. The van der Waals surface area contributed by atoms with Crippen molar-refractivity contribution in [3.63, 3.8) is 0 Å². The van der Waals surface area contributed by atoms with Crippen molar-refractivity contribution < 1.29 is 13.9 Å². The van der Waals surface area contributed by atoms with Gasteiger partial charge in [0.05, 0.1) is 11.6 Å². The summed E-state index contributed by atoms with van der Waals surface area (Å²) in [5, 5.41) is 15.2. The van der Waals surface area contributed by atoms with Crippen LogP contribution in [0.5, 0.6) is 5.75 Å². The Bertz CT molecular complexity index is 589. The minimum absolute atomic E-state index is 0.153. The molecule has 1 aliphatic heterocycles. The van der Waals surface area contributed by atoms with E-state index in [0.717, 1.165) is 43.2 Å². The minimum atomic E-state index is -0.765. The first kappa shape index (κ1) is 14.4. The van der Waals surface area contributed by atoms with Crippen molar-refractivity contribution in [3.8, 4) is 5.75 Å². The molecule has 0 amide bonds. The van der Waals surface area contributed by atoms with Gasteiger partial charge in [-0.05, 0) is 11.4 Å². The zero-order valence-corrected chi connectivity index (χ0v) is 12.2. The van der Waals surface area contributed by atoms with E-state index in [1.54, 1.807) is 0 Å². The fourth-order valence-electron chi connectivity index (χ4n) is 2.73. The molecule has 1 saturated heterocycles. The topological polar surface area (TPSA) is 35.5 Å². The predicted molar refractivity (Wildman–Crippen MR) is 78.6 cm³/mol. The number of phenols is 1. The summed E-state index contributed by atoms with van der Waals surface area (Å²) >= 11 is 1.51. The van der Waals surface area contributed by atoms with E-state index in [-0.39, 0.29) is 17.4 Å². The van der Waals surface area contributed by atoms with Gasteiger partial charge in [0.1, 0.15) is 17.4 Å². The second kappa shape index (κ2) is 6.09. The summed E-state index contributed by atoms with van der Waals surface area (Å²) in [6.07, 6.45) is 0. The lowest BCUT2D eigenvalue weighted by Crippen LogP contribution is -2.45. The van der Waals surface area contributed by atoms with Crippen LogP contribution in [-0.2, 0) is 0 Å². The molecular formula is C15H16F2N2OS. The molecule has 1 aromatic heterocycles. The van der Waals surface area contributed by atoms with Crippen LogP contribution < -0.4 is 5.32 Å². The number of aromatic hydroxyl groups is 1. The maximum Gasteiger partial charge on any atom is 0.134 e. The number of hydrogen-bond donors (Lipinski definition) is 2. The summed E-state index contributed by atoms with van der Waals surface area (Å²) in [6.45, 7) is 3.12. The molecule has 2 heterocycles. The summed E-state index contributed by atoms with van der Waals surface area (Å²) in [5.74, 6) is -1.80. The van der Waals surface area contributed by atoms with Crippen molar-refractivity contribution in [2.24, 2.45) is 0 Å². The zero-order chi connectivity index (χ0) is 14.8. The van der Waals surface area contributed by atoms with Crippen LogP contribution in [0.3, 0.4) is 0 Å². The lowest BCUT2D eigenvalue weighted by atomic mass is 10.0. The van der Waals surface area contributed by atoms with E-state index >= 15 is 0 Å². The molecule has 1 aromatic carbocycles. The highest BCUT2D eigenvalue weighted by molar-refractivity contribution is 7.10. The molecule has 112 valence electrons. The van der Waals surface area contributed by atoms with Crippen LogP contribution in [0.4, 0.5) is 8.78 Å². The second-order valence-corrected chi connectivity index (χ2v) is 6.00. The molecule has 0 aliphatic carbocycles. The molecule has 3 rings (SSSR count). The molecule has 3 nitrogen and oxygen atoms in total. The number of halogens is 2. The average Bonchev–Trinajstić information content (AvgIpc) is 2.97. The second-order valence-electron chi connectivity index (χ2n) is 5.02. The van der Waals surface area contributed by atoms with Crippen LogP contribution >= 0.6 is 11.3 Å². The first-order valence-corrected chi connectivity index (χ1v) is 7.71. The smallest absolute Gasteiger partial charge is 0.134 e. The molecule has 1 atom stereocenters. The van der Waals surface area contributed by atoms with Gasteiger partial charge in [0.25, 0.3) is 0 Å². The maximum absolute atomic E-state index is 14.3. The molecule has 0 unspecified atom stereocenters. The highest BCUT2D eigenvalue weighted by Gasteiger charge is 2.29. The fourth-order valence-corrected chi connectivity index (χ4v) is 3.60. The van der Waals surface area contributed by atoms with Crippen molar-refractivity contribution >= 4 is 11.3 Å². The first-order chi connectivity index (χ1) is 10.2. The molecule has 0 saturated carbocycles. The molecule has 21 heavy (non-hydrogen) atoms. The Hall–Kier alpha value is -1.50. The third kappa shape index (κ3) is 2.92. The van der Waals surface area contributed by atoms with Crippen LogP contribution in [-0.4, -0.2) is 36.2 Å². The fraction of sp³-hybridized carbons (Fsp3) is 0.333. The van der Waals surface area contributed by atoms with E-state index in [2.05, 4.69) is 10.2 Å². The predicted octanol–water partition coefficient (Wildman–Crippen LogP) is 2.73. The van der Waals surface area contributed by atoms with E-state index in [9.17, 15) is 13.9 Å². The van der Waals surface area contributed by atoms with Crippen LogP contribution in [0.25, 0.3) is 0 Å². The van der Waals surface area contributed by atoms with Crippen LogP contribution in [0.2, 0.25) is 0 Å². The Kier molecular flexibility index (Phi) is 4.19. The SMILES string of the molecule is Oc1cc(F)cc(F)c1[C@@H](c1cccs1)N1CCNCC1. The van der Waals surface area contributed by atoms with Gasteiger partial charge < -0.3 is 10.4 Å². The molecule has 1 fully saturated rings. The summed E-state index contributed by atoms with van der Waals surface area (Å²) < 4.78 is 27.5. The van der Waals surface area contributed by atoms with Gasteiger partial charge in [-0.2, -0.15) is 0 Å². The van der Waals surface area contributed by atoms with E-state index in [1.807, 2.05) is 17.5 Å². The largest absolute Gasteiger partial charge is 0.507 e. The van der Waals surface area contributed by atoms with Gasteiger partial charge in [-0.3, -0.25) is 4.90 Å². The van der Waals surface area contributed by atoms with Crippen molar-refractivity contribution in [2.45, 2.75) is 6.04 Å². The van der Waals surface area contributed by atoms with Gasteiger partial charge in [0.15, 0.2) is 0 Å². The van der Waals surface area contributed by atoms with Gasteiger partial charge in [0, 0.05) is 43.2 Å². The Balaban J connectivity index is 2.07. The quantitative estimate of drug-likeness (QED) is 0.915. The summed E-state index contributed by atoms with van der Waals surface area (Å²) in [7, 11) is 0. The Morgan fingerprint density at radius 3 is 2.62 bits per heavy atom. The molecule has 2 N–H and O–H groups in total. The normalized spacial score (nSPS) is 17.8. The van der Waals surface area contributed by atoms with E-state index in [1.165, 1.54) is 11.3 Å². The summed E-state index contributed by atoms with van der Waals surface area (Å²) in [5.41, 5.74) is 0.153. The number of piperazine rings is 1. The van der Waals surface area contributed by atoms with Gasteiger partial charge in [-0.1, -0.05) is 6.07 Å². The number of thiophene rings is 1. The van der Waals surface area contributed by atoms with Gasteiger partial charge in [-0.15, -0.1) is 11.3 Å². The number of nitrogens with zero attached hydrogens (tertiary/aromatic N) is 1. The Morgan fingerprint density at radius 1 is 1.24 bits per heavy atom. The zero-order valence-electron chi connectivity index (χ0n) is 11.4. The van der Waals surface area contributed by atoms with Crippen molar-refractivity contribution in [1.82, 2.24) is 10.2 Å². The highest BCUT2D eigenvalue weighted by Crippen LogP contribution is 2.38. The van der Waals surface area contributed by atoms with Crippen molar-refractivity contribution in [1.29, 1.82) is 0 Å². The molecule has 1 aliphatic rings. The number of nitrogens with one attached hydrogen (secondary N) is 1. The highest BCUT2D eigenvalue weighted by atomic mass is 32.1. The van der Waals surface area contributed by atoms with Gasteiger partial charge >= 0.3 is 0 Å². The van der Waals surface area contributed by atoms with Crippen LogP contribution in [0.15, 0.2) is 29.6 Å². The summed E-state index contributed by atoms with van der Waals surface area (Å²) in [6, 6.07) is 5.24. The Labute approximate surface area is 125 Å². The molecular weight excluding hydrogens is 294 g/mol. The third-order valence-corrected chi connectivity index (χ3v) is 4.60. The number of rotatable bonds is 3. The van der Waals surface area contributed by atoms with Crippen molar-refractivity contribution in [3.05, 3.63) is 51.7 Å². The lowest BCUT2D eigenvalue weighted by molar-refractivity contribution is 0.194. The number of phenolic OH excluding ortho intramolecular Hbond substituents is 1. The van der Waals surface area contributed by atoms with Gasteiger partial charge in [-0.25, -0.2) is 8.78 Å². The third-order valence-electron chi connectivity index (χ3n) is 3.68. The van der Waals surface area contributed by atoms with Crippen LogP contribution in [0.1, 0.15) is 16.5 Å². The molecule has 0 bridgehead atoms. The summed E-state index contributed by atoms with van der Waals surface area (Å²) in [4.78, 5) is 3.05. The van der Waals surface area contributed by atoms with Crippen LogP contribution in [0, 0.1) is 11.6 Å². The Morgan fingerprint density at radius 2 is 2.00 bits per heavy atom.